The normalized spacial score (nSPS) is 33.3. The zero-order chi connectivity index (χ0) is 22.4. The van der Waals surface area contributed by atoms with Crippen LogP contribution in [0.25, 0.3) is 0 Å². The molecule has 3 nitrogen and oxygen atoms in total. The molecule has 2 aromatic rings. The van der Waals surface area contributed by atoms with Gasteiger partial charge in [0.25, 0.3) is 0 Å². The maximum Gasteiger partial charge on any atom is 0.321 e. The molecule has 0 spiro atoms. The van der Waals surface area contributed by atoms with E-state index in [1.165, 1.54) is 0 Å². The van der Waals surface area contributed by atoms with Crippen molar-refractivity contribution in [3.05, 3.63) is 71.8 Å². The first kappa shape index (κ1) is 21.4. The van der Waals surface area contributed by atoms with Crippen LogP contribution in [0, 0.1) is 11.8 Å². The van der Waals surface area contributed by atoms with Gasteiger partial charge in [-0.05, 0) is 35.8 Å². The van der Waals surface area contributed by atoms with Crippen LogP contribution in [0.1, 0.15) is 37.8 Å². The molecule has 0 N–H and O–H groups in total. The highest BCUT2D eigenvalue weighted by Gasteiger charge is 2.62. The molecule has 8 atom stereocenters. The van der Waals surface area contributed by atoms with Crippen LogP contribution in [0.15, 0.2) is 60.7 Å². The Bertz CT molecular complexity index is 864. The zero-order valence-electron chi connectivity index (χ0n) is 18.8. The van der Waals surface area contributed by atoms with Gasteiger partial charge >= 0.3 is 6.03 Å². The minimum Gasteiger partial charge on any atom is -0.313 e. The molecule has 3 aliphatic rings. The predicted octanol–water partition coefficient (Wildman–Crippen LogP) is 5.44. The van der Waals surface area contributed by atoms with E-state index in [-0.39, 0.29) is 31.0 Å². The van der Waals surface area contributed by atoms with E-state index in [0.29, 0.717) is 11.8 Å². The van der Waals surface area contributed by atoms with Crippen LogP contribution in [0.5, 0.6) is 0 Å². The molecule has 32 heavy (non-hydrogen) atoms. The lowest BCUT2D eigenvalue weighted by atomic mass is 9.91. The minimum atomic E-state index is -1.31. The Morgan fingerprint density at radius 1 is 0.750 bits per heavy atom. The Morgan fingerprint density at radius 3 is 1.41 bits per heavy atom. The van der Waals surface area contributed by atoms with Crippen molar-refractivity contribution in [2.75, 3.05) is 0 Å². The van der Waals surface area contributed by atoms with Crippen molar-refractivity contribution in [1.82, 2.24) is 9.80 Å². The summed E-state index contributed by atoms with van der Waals surface area (Å²) in [7, 11) is 0. The van der Waals surface area contributed by atoms with Crippen LogP contribution in [0.4, 0.5) is 13.6 Å². The third kappa shape index (κ3) is 4.02. The average Bonchev–Trinajstić information content (AvgIpc) is 3.67. The number of benzene rings is 2. The molecule has 2 amide bonds. The first-order valence-corrected chi connectivity index (χ1v) is 11.9. The summed E-state index contributed by atoms with van der Waals surface area (Å²) in [5.41, 5.74) is 1.76. The van der Waals surface area contributed by atoms with Crippen LogP contribution in [0.2, 0.25) is 0 Å². The summed E-state index contributed by atoms with van der Waals surface area (Å²) in [6.07, 6.45) is -0.495. The van der Waals surface area contributed by atoms with Gasteiger partial charge in [-0.2, -0.15) is 0 Å². The van der Waals surface area contributed by atoms with Crippen molar-refractivity contribution in [2.24, 2.45) is 11.8 Å². The first-order valence-electron chi connectivity index (χ1n) is 11.9. The molecular weight excluding hydrogens is 406 g/mol. The predicted molar refractivity (Wildman–Crippen MR) is 122 cm³/mol. The van der Waals surface area contributed by atoms with Crippen molar-refractivity contribution in [3.8, 4) is 0 Å². The van der Waals surface area contributed by atoms with E-state index in [4.69, 9.17) is 0 Å². The Morgan fingerprint density at radius 2 is 1.09 bits per heavy atom. The SMILES string of the molecule is CC1CC1N1C(=O)N(C2CC2C)[C@H]([C@@H](F)Cc2ccccc2)[C@H]1[C@@H](F)Cc1ccccc1. The summed E-state index contributed by atoms with van der Waals surface area (Å²) in [6.45, 7) is 4.18. The number of rotatable bonds is 8. The van der Waals surface area contributed by atoms with E-state index >= 15 is 8.78 Å². The van der Waals surface area contributed by atoms with E-state index in [9.17, 15) is 4.79 Å². The van der Waals surface area contributed by atoms with Gasteiger partial charge in [0.1, 0.15) is 12.3 Å². The van der Waals surface area contributed by atoms with E-state index in [1.807, 2.05) is 60.7 Å². The van der Waals surface area contributed by atoms with Crippen LogP contribution in [-0.4, -0.2) is 52.3 Å². The summed E-state index contributed by atoms with van der Waals surface area (Å²) in [6, 6.07) is 17.4. The molecule has 4 unspecified atom stereocenters. The molecule has 0 bridgehead atoms. The topological polar surface area (TPSA) is 23.6 Å². The fourth-order valence-corrected chi connectivity index (χ4v) is 5.52. The molecule has 1 heterocycles. The average molecular weight is 439 g/mol. The van der Waals surface area contributed by atoms with Gasteiger partial charge < -0.3 is 9.80 Å². The molecule has 0 radical (unpaired) electrons. The number of carbonyl (C=O) groups is 1. The number of alkyl halides is 2. The van der Waals surface area contributed by atoms with Gasteiger partial charge in [0.2, 0.25) is 0 Å². The molecule has 5 heteroatoms. The number of hydrogen-bond acceptors (Lipinski definition) is 1. The largest absolute Gasteiger partial charge is 0.321 e. The second kappa shape index (κ2) is 8.49. The first-order chi connectivity index (χ1) is 15.5. The second-order valence-corrected chi connectivity index (χ2v) is 10.1. The van der Waals surface area contributed by atoms with Crippen molar-refractivity contribution in [2.45, 2.75) is 76.0 Å². The molecule has 5 rings (SSSR count). The van der Waals surface area contributed by atoms with Crippen LogP contribution in [-0.2, 0) is 12.8 Å². The molecular formula is C27H32F2N2O. The summed E-state index contributed by atoms with van der Waals surface area (Å²) >= 11 is 0. The second-order valence-electron chi connectivity index (χ2n) is 10.1. The lowest BCUT2D eigenvalue weighted by molar-refractivity contribution is 0.0878. The van der Waals surface area contributed by atoms with Crippen molar-refractivity contribution < 1.29 is 13.6 Å². The Hall–Kier alpha value is -2.43. The molecule has 2 aliphatic carbocycles. The van der Waals surface area contributed by atoms with Gasteiger partial charge in [-0.25, -0.2) is 13.6 Å². The monoisotopic (exact) mass is 438 g/mol. The lowest BCUT2D eigenvalue weighted by Gasteiger charge is -2.33. The summed E-state index contributed by atoms with van der Waals surface area (Å²) < 4.78 is 32.1. The van der Waals surface area contributed by atoms with E-state index in [2.05, 4.69) is 13.8 Å². The van der Waals surface area contributed by atoms with Crippen molar-refractivity contribution >= 4 is 6.03 Å². The van der Waals surface area contributed by atoms with E-state index in [0.717, 1.165) is 24.0 Å². The zero-order valence-corrected chi connectivity index (χ0v) is 18.8. The van der Waals surface area contributed by atoms with Crippen LogP contribution < -0.4 is 0 Å². The van der Waals surface area contributed by atoms with E-state index < -0.39 is 24.4 Å². The number of amides is 2. The lowest BCUT2D eigenvalue weighted by Crippen LogP contribution is -2.51. The Balaban J connectivity index is 1.48. The number of nitrogens with zero attached hydrogens (tertiary/aromatic N) is 2. The quantitative estimate of drug-likeness (QED) is 0.538. The van der Waals surface area contributed by atoms with Gasteiger partial charge in [0.15, 0.2) is 0 Å². The van der Waals surface area contributed by atoms with Crippen LogP contribution >= 0.6 is 0 Å². The van der Waals surface area contributed by atoms with Crippen LogP contribution in [0.3, 0.4) is 0 Å². The highest BCUT2D eigenvalue weighted by molar-refractivity contribution is 5.80. The fraction of sp³-hybridized carbons (Fsp3) is 0.519. The molecule has 0 aromatic heterocycles. The molecule has 2 saturated carbocycles. The maximum absolute atomic E-state index is 16.0. The Labute approximate surface area is 189 Å². The highest BCUT2D eigenvalue weighted by atomic mass is 19.1. The standard InChI is InChI=1S/C27H32F2N2O/c1-17-13-23(17)30-25(21(28)15-19-9-5-3-6-10-19)26(31(27(30)32)24-14-18(24)2)22(29)16-20-11-7-4-8-12-20/h3-12,17-18,21-26H,13-16H2,1-2H3/t17?,18?,21-,22-,23?,24?,25+,26+/m0/s1. The van der Waals surface area contributed by atoms with E-state index in [1.54, 1.807) is 9.80 Å². The van der Waals surface area contributed by atoms with Gasteiger partial charge in [0.05, 0.1) is 12.1 Å². The summed E-state index contributed by atoms with van der Waals surface area (Å²) in [5, 5.41) is 0. The number of hydrogen-bond donors (Lipinski definition) is 0. The van der Waals surface area contributed by atoms with Crippen molar-refractivity contribution in [1.29, 1.82) is 0 Å². The van der Waals surface area contributed by atoms with Gasteiger partial charge in [0, 0.05) is 24.9 Å². The summed E-state index contributed by atoms with van der Waals surface area (Å²) in [4.78, 5) is 17.1. The number of halogens is 2. The number of carbonyl (C=O) groups excluding carboxylic acids is 1. The maximum atomic E-state index is 16.0. The van der Waals surface area contributed by atoms with Gasteiger partial charge in [-0.15, -0.1) is 0 Å². The molecule has 1 saturated heterocycles. The number of urea groups is 1. The van der Waals surface area contributed by atoms with Gasteiger partial charge in [-0.3, -0.25) is 0 Å². The summed E-state index contributed by atoms with van der Waals surface area (Å²) in [5.74, 6) is 0.685. The third-order valence-electron chi connectivity index (χ3n) is 7.57. The smallest absolute Gasteiger partial charge is 0.313 e. The molecule has 1 aliphatic heterocycles. The molecule has 2 aromatic carbocycles. The molecule has 3 fully saturated rings. The minimum absolute atomic E-state index is 0.0204. The Kier molecular flexibility index (Phi) is 5.68. The van der Waals surface area contributed by atoms with Gasteiger partial charge in [-0.1, -0.05) is 74.5 Å². The fourth-order valence-electron chi connectivity index (χ4n) is 5.52. The third-order valence-corrected chi connectivity index (χ3v) is 7.57. The molecule has 170 valence electrons. The highest BCUT2D eigenvalue weighted by Crippen LogP contribution is 2.48. The van der Waals surface area contributed by atoms with Crippen molar-refractivity contribution in [3.63, 3.8) is 0 Å².